The summed E-state index contributed by atoms with van der Waals surface area (Å²) in [6.45, 7) is 0. The molecule has 0 bridgehead atoms. The van der Waals surface area contributed by atoms with Gasteiger partial charge in [0.15, 0.2) is 5.76 Å². The van der Waals surface area contributed by atoms with Crippen LogP contribution in [-0.4, -0.2) is 28.8 Å². The first-order chi connectivity index (χ1) is 12.0. The van der Waals surface area contributed by atoms with Crippen LogP contribution in [0.2, 0.25) is 0 Å². The maximum absolute atomic E-state index is 12.2. The van der Waals surface area contributed by atoms with Crippen molar-refractivity contribution in [3.63, 3.8) is 0 Å². The van der Waals surface area contributed by atoms with Gasteiger partial charge in [0.05, 0.1) is 11.1 Å². The lowest BCUT2D eigenvalue weighted by molar-refractivity contribution is -0.264. The lowest BCUT2D eigenvalue weighted by Crippen LogP contribution is -2.39. The topological polar surface area (TPSA) is 133 Å². The molecule has 1 spiro atoms. The van der Waals surface area contributed by atoms with Crippen LogP contribution in [-0.2, 0) is 43.7 Å². The normalized spacial score (nSPS) is 28.1. The van der Waals surface area contributed by atoms with Crippen molar-refractivity contribution in [1.29, 1.82) is 0 Å². The third kappa shape index (κ3) is 2.53. The van der Waals surface area contributed by atoms with Gasteiger partial charge in [-0.2, -0.15) is 9.78 Å². The molecule has 134 valence electrons. The second-order valence-electron chi connectivity index (χ2n) is 6.09. The highest BCUT2D eigenvalue weighted by Crippen LogP contribution is 2.52. The van der Waals surface area contributed by atoms with Crippen LogP contribution in [0.3, 0.4) is 0 Å². The Labute approximate surface area is 140 Å². The molecule has 1 fully saturated rings. The Kier molecular flexibility index (Phi) is 3.65. The lowest BCUT2D eigenvalue weighted by atomic mass is 9.84. The smallest absolute Gasteiger partial charge is 0.386 e. The molecule has 0 aromatic rings. The van der Waals surface area contributed by atoms with Crippen LogP contribution in [0.25, 0.3) is 0 Å². The molecule has 0 aromatic heterocycles. The molecule has 4 rings (SSSR count). The number of hydrogen-bond acceptors (Lipinski definition) is 9. The number of fused-ring (bicyclic) bond motifs is 1. The zero-order valence-electron chi connectivity index (χ0n) is 12.9. The molecular formula is C15H14O10. The van der Waals surface area contributed by atoms with Gasteiger partial charge < -0.3 is 5.11 Å². The largest absolute Gasteiger partial charge is 0.481 e. The van der Waals surface area contributed by atoms with Gasteiger partial charge in [0, 0.05) is 6.42 Å². The van der Waals surface area contributed by atoms with Crippen molar-refractivity contribution in [3.05, 3.63) is 22.7 Å². The fraction of sp³-hybridized carbons (Fsp3) is 0.533. The maximum Gasteiger partial charge on any atom is 0.386 e. The Balaban J connectivity index is 1.72. The molecule has 10 heteroatoms. The fourth-order valence-electron chi connectivity index (χ4n) is 3.24. The minimum atomic E-state index is -1.74. The molecule has 1 unspecified atom stereocenters. The minimum Gasteiger partial charge on any atom is -0.481 e. The maximum atomic E-state index is 12.2. The molecule has 2 aliphatic heterocycles. The molecule has 2 aliphatic carbocycles. The Morgan fingerprint density at radius 3 is 2.28 bits per heavy atom. The van der Waals surface area contributed by atoms with Crippen molar-refractivity contribution in [2.24, 2.45) is 5.92 Å². The van der Waals surface area contributed by atoms with Crippen LogP contribution in [0.15, 0.2) is 22.7 Å². The molecule has 2 heterocycles. The first-order valence-corrected chi connectivity index (χ1v) is 7.86. The van der Waals surface area contributed by atoms with E-state index in [2.05, 4.69) is 9.78 Å². The van der Waals surface area contributed by atoms with Crippen molar-refractivity contribution >= 4 is 17.9 Å². The third-order valence-corrected chi connectivity index (χ3v) is 4.62. The standard InChI is InChI=1S/C15H14O10/c16-12(17)9-6-5-8-11(15(9)24-25-15)21-20-10-4-2-1-3-7(10)13(18)22-23-14(8)19/h9H,1-6H2,(H,16,17). The summed E-state index contributed by atoms with van der Waals surface area (Å²) in [5.41, 5.74) is 0.142. The Hall–Kier alpha value is -2.59. The van der Waals surface area contributed by atoms with Gasteiger partial charge in [0.25, 0.3) is 0 Å². The van der Waals surface area contributed by atoms with Gasteiger partial charge in [-0.3, -0.25) is 14.6 Å². The van der Waals surface area contributed by atoms with Gasteiger partial charge in [-0.25, -0.2) is 19.4 Å². The molecule has 4 aliphatic rings. The molecule has 25 heavy (non-hydrogen) atoms. The summed E-state index contributed by atoms with van der Waals surface area (Å²) in [6.07, 6.45) is 2.39. The summed E-state index contributed by atoms with van der Waals surface area (Å²) in [5, 5.41) is 9.34. The molecule has 10 nitrogen and oxygen atoms in total. The quantitative estimate of drug-likeness (QED) is 0.540. The second-order valence-corrected chi connectivity index (χ2v) is 6.09. The van der Waals surface area contributed by atoms with E-state index >= 15 is 0 Å². The number of carbonyl (C=O) groups is 3. The highest BCUT2D eigenvalue weighted by Gasteiger charge is 2.68. The molecule has 1 saturated heterocycles. The van der Waals surface area contributed by atoms with E-state index in [0.717, 1.165) is 12.8 Å². The van der Waals surface area contributed by atoms with Crippen molar-refractivity contribution in [2.75, 3.05) is 0 Å². The SMILES string of the molecule is O=C1OOC(=O)C2=C(OOC3=C1CCCC3)C1(OO1)C(C(=O)O)CC2. The van der Waals surface area contributed by atoms with Crippen LogP contribution in [0.5, 0.6) is 0 Å². The highest BCUT2D eigenvalue weighted by atomic mass is 17.4. The molecule has 0 aromatic carbocycles. The minimum absolute atomic E-state index is 0.00637. The Morgan fingerprint density at radius 1 is 0.920 bits per heavy atom. The summed E-state index contributed by atoms with van der Waals surface area (Å²) in [6, 6.07) is 0. The number of carboxylic acids is 1. The van der Waals surface area contributed by atoms with E-state index in [9.17, 15) is 19.5 Å². The molecular weight excluding hydrogens is 340 g/mol. The summed E-state index contributed by atoms with van der Waals surface area (Å²) >= 11 is 0. The first kappa shape index (κ1) is 15.9. The zero-order chi connectivity index (χ0) is 17.6. The summed E-state index contributed by atoms with van der Waals surface area (Å²) in [4.78, 5) is 65.1. The number of allylic oxidation sites excluding steroid dienone is 1. The van der Waals surface area contributed by atoms with Crippen molar-refractivity contribution in [3.8, 4) is 0 Å². The fourth-order valence-corrected chi connectivity index (χ4v) is 3.24. The Morgan fingerprint density at radius 2 is 1.60 bits per heavy atom. The van der Waals surface area contributed by atoms with E-state index in [1.165, 1.54) is 0 Å². The first-order valence-electron chi connectivity index (χ1n) is 7.86. The number of hydrogen-bond donors (Lipinski definition) is 1. The predicted molar refractivity (Wildman–Crippen MR) is 72.1 cm³/mol. The van der Waals surface area contributed by atoms with Gasteiger partial charge in [-0.15, -0.1) is 0 Å². The van der Waals surface area contributed by atoms with E-state index < -0.39 is 29.6 Å². The molecule has 1 atom stereocenters. The van der Waals surface area contributed by atoms with E-state index in [1.54, 1.807) is 0 Å². The van der Waals surface area contributed by atoms with Crippen LogP contribution >= 0.6 is 0 Å². The van der Waals surface area contributed by atoms with Gasteiger partial charge in [0.2, 0.25) is 5.76 Å². The van der Waals surface area contributed by atoms with E-state index in [-0.39, 0.29) is 35.5 Å². The van der Waals surface area contributed by atoms with Gasteiger partial charge in [0.1, 0.15) is 5.92 Å². The lowest BCUT2D eigenvalue weighted by Gasteiger charge is -2.27. The van der Waals surface area contributed by atoms with Crippen molar-refractivity contribution < 1.29 is 48.8 Å². The van der Waals surface area contributed by atoms with Crippen molar-refractivity contribution in [2.45, 2.75) is 44.3 Å². The van der Waals surface area contributed by atoms with E-state index in [4.69, 9.17) is 19.6 Å². The van der Waals surface area contributed by atoms with Crippen LogP contribution in [0.1, 0.15) is 38.5 Å². The molecule has 0 radical (unpaired) electrons. The predicted octanol–water partition coefficient (Wildman–Crippen LogP) is 1.18. The molecule has 0 saturated carbocycles. The summed E-state index contributed by atoms with van der Waals surface area (Å²) in [7, 11) is 0. The summed E-state index contributed by atoms with van der Waals surface area (Å²) in [5.74, 6) is -5.77. The second kappa shape index (κ2) is 5.74. The highest BCUT2D eigenvalue weighted by molar-refractivity contribution is 5.93. The van der Waals surface area contributed by atoms with E-state index in [0.29, 0.717) is 12.8 Å². The monoisotopic (exact) mass is 354 g/mol. The Bertz CT molecular complexity index is 714. The third-order valence-electron chi connectivity index (χ3n) is 4.62. The van der Waals surface area contributed by atoms with Gasteiger partial charge in [-0.05, 0) is 32.1 Å². The number of aliphatic carboxylic acids is 1. The van der Waals surface area contributed by atoms with Crippen molar-refractivity contribution in [1.82, 2.24) is 0 Å². The average molecular weight is 354 g/mol. The number of carbonyl (C=O) groups excluding carboxylic acids is 2. The zero-order valence-corrected chi connectivity index (χ0v) is 12.9. The molecule has 1 N–H and O–H groups in total. The van der Waals surface area contributed by atoms with Crippen LogP contribution in [0.4, 0.5) is 0 Å². The molecule has 0 amide bonds. The number of rotatable bonds is 1. The number of carboxylic acid groups (broad SMARTS) is 1. The summed E-state index contributed by atoms with van der Waals surface area (Å²) < 4.78 is 0. The average Bonchev–Trinajstić information content (AvgIpc) is 3.38. The van der Waals surface area contributed by atoms with Gasteiger partial charge in [-0.1, -0.05) is 0 Å². The van der Waals surface area contributed by atoms with Crippen LogP contribution < -0.4 is 0 Å². The van der Waals surface area contributed by atoms with E-state index in [1.807, 2.05) is 0 Å². The van der Waals surface area contributed by atoms with Gasteiger partial charge >= 0.3 is 23.7 Å². The van der Waals surface area contributed by atoms with Crippen LogP contribution in [0, 0.1) is 5.92 Å².